The van der Waals surface area contributed by atoms with Gasteiger partial charge >= 0.3 is 0 Å². The van der Waals surface area contributed by atoms with E-state index in [9.17, 15) is 8.42 Å². The number of nitrogens with zero attached hydrogens (tertiary/aromatic N) is 1. The van der Waals surface area contributed by atoms with E-state index in [2.05, 4.69) is 5.16 Å². The van der Waals surface area contributed by atoms with Crippen LogP contribution < -0.4 is 10.5 Å². The normalized spacial score (nSPS) is 12.4. The second kappa shape index (κ2) is 5.53. The van der Waals surface area contributed by atoms with Crippen molar-refractivity contribution in [3.05, 3.63) is 24.3 Å². The Morgan fingerprint density at radius 1 is 1.41 bits per heavy atom. The van der Waals surface area contributed by atoms with Crippen LogP contribution >= 0.6 is 0 Å². The molecule has 0 spiro atoms. The lowest BCUT2D eigenvalue weighted by Gasteiger charge is -2.05. The van der Waals surface area contributed by atoms with Gasteiger partial charge in [-0.05, 0) is 24.3 Å². The zero-order valence-electron chi connectivity index (χ0n) is 9.33. The third-order valence-electron chi connectivity index (χ3n) is 2.01. The minimum Gasteiger partial charge on any atom is -0.493 e. The van der Waals surface area contributed by atoms with Gasteiger partial charge in [0.2, 0.25) is 0 Å². The summed E-state index contributed by atoms with van der Waals surface area (Å²) in [5.41, 5.74) is 5.26. The molecule has 0 fully saturated rings. The van der Waals surface area contributed by atoms with Crippen LogP contribution in [0.4, 0.5) is 0 Å². The van der Waals surface area contributed by atoms with Crippen molar-refractivity contribution in [2.45, 2.75) is 11.3 Å². The second-order valence-corrected chi connectivity index (χ2v) is 5.45. The Morgan fingerprint density at radius 2 is 2.00 bits per heavy atom. The SMILES string of the molecule is CS(=O)(=O)c1ccc(OCC/C(N)=N/O)cc1. The van der Waals surface area contributed by atoms with Crippen LogP contribution in [0.25, 0.3) is 0 Å². The highest BCUT2D eigenvalue weighted by atomic mass is 32.2. The summed E-state index contributed by atoms with van der Waals surface area (Å²) in [7, 11) is -3.19. The van der Waals surface area contributed by atoms with Gasteiger partial charge in [-0.3, -0.25) is 0 Å². The molecule has 0 atom stereocenters. The fourth-order valence-corrected chi connectivity index (χ4v) is 1.74. The van der Waals surface area contributed by atoms with Crippen LogP contribution in [0.1, 0.15) is 6.42 Å². The van der Waals surface area contributed by atoms with E-state index in [0.29, 0.717) is 12.2 Å². The molecule has 7 heteroatoms. The molecule has 94 valence electrons. The average molecular weight is 258 g/mol. The maximum Gasteiger partial charge on any atom is 0.175 e. The summed E-state index contributed by atoms with van der Waals surface area (Å²) in [4.78, 5) is 0.237. The van der Waals surface area contributed by atoms with Crippen molar-refractivity contribution in [3.8, 4) is 5.75 Å². The summed E-state index contributed by atoms with van der Waals surface area (Å²) < 4.78 is 27.7. The molecule has 0 aliphatic rings. The van der Waals surface area contributed by atoms with Crippen LogP contribution in [-0.2, 0) is 9.84 Å². The fourth-order valence-electron chi connectivity index (χ4n) is 1.11. The van der Waals surface area contributed by atoms with E-state index in [4.69, 9.17) is 15.7 Å². The van der Waals surface area contributed by atoms with Crippen molar-refractivity contribution in [1.29, 1.82) is 0 Å². The number of hydrogen-bond donors (Lipinski definition) is 2. The van der Waals surface area contributed by atoms with Crippen LogP contribution in [0.3, 0.4) is 0 Å². The number of sulfone groups is 1. The summed E-state index contributed by atoms with van der Waals surface area (Å²) >= 11 is 0. The van der Waals surface area contributed by atoms with E-state index >= 15 is 0 Å². The molecule has 0 amide bonds. The molecule has 1 rings (SSSR count). The predicted molar refractivity (Wildman–Crippen MR) is 63.1 cm³/mol. The van der Waals surface area contributed by atoms with E-state index in [0.717, 1.165) is 6.26 Å². The first-order chi connectivity index (χ1) is 7.93. The Labute approximate surface area is 99.6 Å². The van der Waals surface area contributed by atoms with Crippen molar-refractivity contribution in [1.82, 2.24) is 0 Å². The molecule has 0 aliphatic heterocycles. The number of hydrogen-bond acceptors (Lipinski definition) is 5. The van der Waals surface area contributed by atoms with E-state index in [1.165, 1.54) is 12.1 Å². The van der Waals surface area contributed by atoms with Crippen LogP contribution in [0.2, 0.25) is 0 Å². The molecule has 1 aromatic carbocycles. The van der Waals surface area contributed by atoms with E-state index in [-0.39, 0.29) is 17.3 Å². The third-order valence-corrected chi connectivity index (χ3v) is 3.14. The Kier molecular flexibility index (Phi) is 4.33. The number of benzene rings is 1. The van der Waals surface area contributed by atoms with Gasteiger partial charge in [-0.15, -0.1) is 0 Å². The number of ether oxygens (including phenoxy) is 1. The number of rotatable bonds is 5. The Balaban J connectivity index is 2.58. The first kappa shape index (κ1) is 13.3. The molecule has 6 nitrogen and oxygen atoms in total. The van der Waals surface area contributed by atoms with Gasteiger partial charge in [0, 0.05) is 12.7 Å². The summed E-state index contributed by atoms with van der Waals surface area (Å²) in [6.45, 7) is 0.258. The quantitative estimate of drug-likeness (QED) is 0.348. The Hall–Kier alpha value is -1.76. The van der Waals surface area contributed by atoms with Gasteiger partial charge < -0.3 is 15.7 Å². The summed E-state index contributed by atoms with van der Waals surface area (Å²) in [6, 6.07) is 6.05. The molecule has 0 heterocycles. The smallest absolute Gasteiger partial charge is 0.175 e. The zero-order chi connectivity index (χ0) is 12.9. The zero-order valence-corrected chi connectivity index (χ0v) is 10.1. The van der Waals surface area contributed by atoms with Crippen molar-refractivity contribution < 1.29 is 18.4 Å². The van der Waals surface area contributed by atoms with Crippen molar-refractivity contribution >= 4 is 15.7 Å². The van der Waals surface area contributed by atoms with Gasteiger partial charge in [0.15, 0.2) is 9.84 Å². The maximum atomic E-state index is 11.2. The van der Waals surface area contributed by atoms with E-state index < -0.39 is 9.84 Å². The molecule has 0 bridgehead atoms. The highest BCUT2D eigenvalue weighted by Crippen LogP contribution is 2.15. The third kappa shape index (κ3) is 4.31. The Morgan fingerprint density at radius 3 is 2.47 bits per heavy atom. The van der Waals surface area contributed by atoms with Crippen LogP contribution in [0.15, 0.2) is 34.3 Å². The molecule has 0 saturated heterocycles. The second-order valence-electron chi connectivity index (χ2n) is 3.43. The molecule has 3 N–H and O–H groups in total. The predicted octanol–water partition coefficient (Wildman–Crippen LogP) is 0.605. The van der Waals surface area contributed by atoms with E-state index in [1.54, 1.807) is 12.1 Å². The van der Waals surface area contributed by atoms with E-state index in [1.807, 2.05) is 0 Å². The highest BCUT2D eigenvalue weighted by Gasteiger charge is 2.06. The van der Waals surface area contributed by atoms with Gasteiger partial charge in [0.25, 0.3) is 0 Å². The molecule has 0 aliphatic carbocycles. The lowest BCUT2D eigenvalue weighted by Crippen LogP contribution is -2.15. The number of amidine groups is 1. The van der Waals surface area contributed by atoms with Crippen molar-refractivity contribution in [3.63, 3.8) is 0 Å². The fraction of sp³-hybridized carbons (Fsp3) is 0.300. The largest absolute Gasteiger partial charge is 0.493 e. The van der Waals surface area contributed by atoms with Crippen LogP contribution in [0.5, 0.6) is 5.75 Å². The standard InChI is InChI=1S/C10H14N2O4S/c1-17(14,15)9-4-2-8(3-5-9)16-7-6-10(11)12-13/h2-5,13H,6-7H2,1H3,(H2,11,12). The van der Waals surface area contributed by atoms with Crippen molar-refractivity contribution in [2.75, 3.05) is 12.9 Å². The molecular formula is C10H14N2O4S. The summed E-state index contributed by atoms with van der Waals surface area (Å²) in [6.07, 6.45) is 1.44. The average Bonchev–Trinajstić information content (AvgIpc) is 2.28. The summed E-state index contributed by atoms with van der Waals surface area (Å²) in [5.74, 6) is 0.612. The molecule has 17 heavy (non-hydrogen) atoms. The molecule has 0 unspecified atom stereocenters. The Bertz CT molecular complexity index is 494. The van der Waals surface area contributed by atoms with Gasteiger partial charge in [-0.1, -0.05) is 5.16 Å². The molecule has 0 aromatic heterocycles. The first-order valence-electron chi connectivity index (χ1n) is 4.83. The maximum absolute atomic E-state index is 11.2. The number of oxime groups is 1. The lowest BCUT2D eigenvalue weighted by atomic mass is 10.3. The van der Waals surface area contributed by atoms with Gasteiger partial charge in [0.1, 0.15) is 11.6 Å². The van der Waals surface area contributed by atoms with Gasteiger partial charge in [-0.25, -0.2) is 8.42 Å². The topological polar surface area (TPSA) is 102 Å². The number of nitrogens with two attached hydrogens (primary N) is 1. The van der Waals surface area contributed by atoms with Gasteiger partial charge in [-0.2, -0.15) is 0 Å². The monoisotopic (exact) mass is 258 g/mol. The van der Waals surface area contributed by atoms with Crippen molar-refractivity contribution in [2.24, 2.45) is 10.9 Å². The van der Waals surface area contributed by atoms with Crippen LogP contribution in [0, 0.1) is 0 Å². The molecule has 0 saturated carbocycles. The first-order valence-corrected chi connectivity index (χ1v) is 6.72. The minimum atomic E-state index is -3.19. The molecule has 0 radical (unpaired) electrons. The minimum absolute atomic E-state index is 0.0813. The lowest BCUT2D eigenvalue weighted by molar-refractivity contribution is 0.305. The van der Waals surface area contributed by atoms with Gasteiger partial charge in [0.05, 0.1) is 11.5 Å². The molecule has 1 aromatic rings. The summed E-state index contributed by atoms with van der Waals surface area (Å²) in [5, 5.41) is 11.1. The highest BCUT2D eigenvalue weighted by molar-refractivity contribution is 7.90. The van der Waals surface area contributed by atoms with Crippen LogP contribution in [-0.4, -0.2) is 32.3 Å². The molecular weight excluding hydrogens is 244 g/mol.